The molecular formula is C17H18F2N6O. The highest BCUT2D eigenvalue weighted by molar-refractivity contribution is 5.98. The van der Waals surface area contributed by atoms with Crippen molar-refractivity contribution < 1.29 is 13.6 Å². The Morgan fingerprint density at radius 2 is 2.23 bits per heavy atom. The molecule has 136 valence electrons. The maximum absolute atomic E-state index is 14.7. The first-order valence-corrected chi connectivity index (χ1v) is 8.10. The zero-order valence-corrected chi connectivity index (χ0v) is 13.9. The molecule has 0 radical (unpaired) electrons. The fraction of sp³-hybridized carbons (Fsp3) is 0.353. The summed E-state index contributed by atoms with van der Waals surface area (Å²) in [6.45, 7) is 0.614. The summed E-state index contributed by atoms with van der Waals surface area (Å²) in [5.74, 6) is -1.01. The highest BCUT2D eigenvalue weighted by atomic mass is 19.1. The van der Waals surface area contributed by atoms with E-state index in [0.717, 1.165) is 0 Å². The van der Waals surface area contributed by atoms with Crippen LogP contribution < -0.4 is 16.4 Å². The first kappa shape index (κ1) is 17.8. The number of hydrogen-bond donors (Lipinski definition) is 3. The predicted octanol–water partition coefficient (Wildman–Crippen LogP) is 1.81. The summed E-state index contributed by atoms with van der Waals surface area (Å²) in [7, 11) is 0. The minimum atomic E-state index is -1.35. The maximum atomic E-state index is 14.7. The molecule has 3 rings (SSSR count). The van der Waals surface area contributed by atoms with E-state index in [4.69, 9.17) is 5.73 Å². The second-order valence-corrected chi connectivity index (χ2v) is 6.19. The Bertz CT molecular complexity index is 844. The van der Waals surface area contributed by atoms with Crippen molar-refractivity contribution in [1.82, 2.24) is 15.1 Å². The zero-order chi connectivity index (χ0) is 18.7. The summed E-state index contributed by atoms with van der Waals surface area (Å²) in [5.41, 5.74) is 4.81. The average Bonchev–Trinajstić information content (AvgIpc) is 3.04. The first-order valence-electron chi connectivity index (χ1n) is 8.10. The van der Waals surface area contributed by atoms with E-state index < -0.39 is 23.4 Å². The van der Waals surface area contributed by atoms with Gasteiger partial charge in [-0.1, -0.05) is 0 Å². The molecule has 1 aromatic carbocycles. The number of aromatic nitrogens is 2. The number of nitrogens with zero attached hydrogens (tertiary/aromatic N) is 3. The summed E-state index contributed by atoms with van der Waals surface area (Å²) in [6.07, 6.45) is 0.266. The van der Waals surface area contributed by atoms with E-state index in [1.807, 2.05) is 6.07 Å². The predicted molar refractivity (Wildman–Crippen MR) is 91.0 cm³/mol. The van der Waals surface area contributed by atoms with Gasteiger partial charge in [0, 0.05) is 18.4 Å². The molecule has 1 aromatic heterocycles. The van der Waals surface area contributed by atoms with Gasteiger partial charge in [0.05, 0.1) is 12.5 Å². The van der Waals surface area contributed by atoms with E-state index in [1.165, 1.54) is 35.1 Å². The standard InChI is InChI=1S/C17H18F2N6O/c18-11-1-3-12(4-2-11)23-16-13(15(21)26)10-25(24-16)17(5-7-20)6-8-22-9-14(17)19/h1-4,10,14,22H,5-6,8-9H2,(H2,21,26)(H,23,24). The molecule has 9 heteroatoms. The molecule has 7 nitrogen and oxygen atoms in total. The quantitative estimate of drug-likeness (QED) is 0.753. The van der Waals surface area contributed by atoms with Crippen molar-refractivity contribution in [2.45, 2.75) is 24.6 Å². The van der Waals surface area contributed by atoms with Crippen LogP contribution in [0.25, 0.3) is 0 Å². The molecule has 1 aliphatic heterocycles. The van der Waals surface area contributed by atoms with Gasteiger partial charge in [0.25, 0.3) is 5.91 Å². The molecule has 0 saturated carbocycles. The fourth-order valence-electron chi connectivity index (χ4n) is 3.10. The number of hydrogen-bond acceptors (Lipinski definition) is 5. The smallest absolute Gasteiger partial charge is 0.254 e. The van der Waals surface area contributed by atoms with Gasteiger partial charge in [-0.3, -0.25) is 9.48 Å². The van der Waals surface area contributed by atoms with Gasteiger partial charge in [-0.25, -0.2) is 8.78 Å². The van der Waals surface area contributed by atoms with Crippen LogP contribution in [-0.2, 0) is 5.54 Å². The van der Waals surface area contributed by atoms with Crippen molar-refractivity contribution in [1.29, 1.82) is 5.26 Å². The third-order valence-corrected chi connectivity index (χ3v) is 4.57. The van der Waals surface area contributed by atoms with E-state index in [0.29, 0.717) is 18.7 Å². The Labute approximate surface area is 148 Å². The number of nitriles is 1. The number of benzene rings is 1. The highest BCUT2D eigenvalue weighted by Crippen LogP contribution is 2.35. The molecule has 4 N–H and O–H groups in total. The van der Waals surface area contributed by atoms with Gasteiger partial charge in [0.2, 0.25) is 0 Å². The SMILES string of the molecule is N#CCC1(n2cc(C(N)=O)c(Nc3ccc(F)cc3)n2)CCNCC1F. The minimum Gasteiger partial charge on any atom is -0.365 e. The molecule has 2 unspecified atom stereocenters. The summed E-state index contributed by atoms with van der Waals surface area (Å²) in [6, 6.07) is 7.48. The summed E-state index contributed by atoms with van der Waals surface area (Å²) < 4.78 is 29.1. The maximum Gasteiger partial charge on any atom is 0.254 e. The van der Waals surface area contributed by atoms with Crippen LogP contribution in [0.5, 0.6) is 0 Å². The third kappa shape index (κ3) is 3.23. The van der Waals surface area contributed by atoms with Crippen molar-refractivity contribution in [3.63, 3.8) is 0 Å². The Kier molecular flexibility index (Phi) is 4.86. The number of carbonyl (C=O) groups excluding carboxylic acids is 1. The van der Waals surface area contributed by atoms with Gasteiger partial charge in [-0.2, -0.15) is 10.4 Å². The topological polar surface area (TPSA) is 109 Å². The largest absolute Gasteiger partial charge is 0.365 e. The van der Waals surface area contributed by atoms with Gasteiger partial charge in [-0.15, -0.1) is 0 Å². The minimum absolute atomic E-state index is 0.0670. The molecule has 26 heavy (non-hydrogen) atoms. The van der Waals surface area contributed by atoms with Crippen LogP contribution in [0, 0.1) is 17.1 Å². The Hall–Kier alpha value is -2.99. The number of alkyl halides is 1. The van der Waals surface area contributed by atoms with Crippen molar-refractivity contribution in [3.8, 4) is 6.07 Å². The van der Waals surface area contributed by atoms with Gasteiger partial charge >= 0.3 is 0 Å². The van der Waals surface area contributed by atoms with Crippen molar-refractivity contribution >= 4 is 17.4 Å². The molecule has 2 atom stereocenters. The number of anilines is 2. The summed E-state index contributed by atoms with van der Waals surface area (Å²) in [4.78, 5) is 11.8. The van der Waals surface area contributed by atoms with Crippen LogP contribution in [0.1, 0.15) is 23.2 Å². The van der Waals surface area contributed by atoms with E-state index in [2.05, 4.69) is 15.7 Å². The molecule has 2 aromatic rings. The number of piperidine rings is 1. The van der Waals surface area contributed by atoms with Crippen LogP contribution in [0.3, 0.4) is 0 Å². The second-order valence-electron chi connectivity index (χ2n) is 6.19. The second kappa shape index (κ2) is 7.09. The fourth-order valence-corrected chi connectivity index (χ4v) is 3.10. The highest BCUT2D eigenvalue weighted by Gasteiger charge is 2.44. The van der Waals surface area contributed by atoms with Crippen LogP contribution in [-0.4, -0.2) is 34.9 Å². The van der Waals surface area contributed by atoms with E-state index >= 15 is 0 Å². The lowest BCUT2D eigenvalue weighted by molar-refractivity contribution is 0.0684. The summed E-state index contributed by atoms with van der Waals surface area (Å²) >= 11 is 0. The number of nitrogens with one attached hydrogen (secondary N) is 2. The van der Waals surface area contributed by atoms with Gasteiger partial charge in [0.1, 0.15) is 23.1 Å². The average molecular weight is 360 g/mol. The lowest BCUT2D eigenvalue weighted by atomic mass is 9.84. The molecule has 0 spiro atoms. The monoisotopic (exact) mass is 360 g/mol. The summed E-state index contributed by atoms with van der Waals surface area (Å²) in [5, 5.41) is 19.3. The molecule has 0 bridgehead atoms. The number of carbonyl (C=O) groups is 1. The Morgan fingerprint density at radius 1 is 1.50 bits per heavy atom. The lowest BCUT2D eigenvalue weighted by Gasteiger charge is -2.39. The van der Waals surface area contributed by atoms with Crippen LogP contribution in [0.4, 0.5) is 20.3 Å². The van der Waals surface area contributed by atoms with E-state index in [9.17, 15) is 18.8 Å². The molecular weight excluding hydrogens is 342 g/mol. The van der Waals surface area contributed by atoms with E-state index in [1.54, 1.807) is 0 Å². The van der Waals surface area contributed by atoms with Gasteiger partial charge in [0.15, 0.2) is 5.82 Å². The van der Waals surface area contributed by atoms with Gasteiger partial charge < -0.3 is 16.4 Å². The van der Waals surface area contributed by atoms with Crippen LogP contribution in [0.15, 0.2) is 30.5 Å². The van der Waals surface area contributed by atoms with Crippen molar-refractivity contribution in [2.75, 3.05) is 18.4 Å². The zero-order valence-electron chi connectivity index (χ0n) is 13.9. The number of halogens is 2. The van der Waals surface area contributed by atoms with Crippen LogP contribution >= 0.6 is 0 Å². The molecule has 1 aliphatic rings. The van der Waals surface area contributed by atoms with Crippen molar-refractivity contribution in [3.05, 3.63) is 41.8 Å². The molecule has 1 fully saturated rings. The molecule has 1 amide bonds. The number of rotatable bonds is 5. The van der Waals surface area contributed by atoms with Crippen molar-refractivity contribution in [2.24, 2.45) is 5.73 Å². The van der Waals surface area contributed by atoms with Crippen LogP contribution in [0.2, 0.25) is 0 Å². The first-order chi connectivity index (χ1) is 12.5. The number of amides is 1. The van der Waals surface area contributed by atoms with E-state index in [-0.39, 0.29) is 24.3 Å². The molecule has 2 heterocycles. The lowest BCUT2D eigenvalue weighted by Crippen LogP contribution is -2.53. The normalized spacial score (nSPS) is 22.6. The van der Waals surface area contributed by atoms with Gasteiger partial charge in [-0.05, 0) is 37.2 Å². The molecule has 0 aliphatic carbocycles. The Morgan fingerprint density at radius 3 is 2.85 bits per heavy atom. The third-order valence-electron chi connectivity index (χ3n) is 4.57. The number of nitrogens with two attached hydrogens (primary N) is 1. The molecule has 1 saturated heterocycles. The number of primary amides is 1. The Balaban J connectivity index is 2.01.